The number of hydrogen-bond donors (Lipinski definition) is 0. The van der Waals surface area contributed by atoms with E-state index in [4.69, 9.17) is 33.2 Å². The van der Waals surface area contributed by atoms with Crippen molar-refractivity contribution < 1.29 is 32.7 Å². The zero-order valence-corrected chi connectivity index (χ0v) is 23.3. The molecule has 0 N–H and O–H groups in total. The maximum absolute atomic E-state index is 12.8. The van der Waals surface area contributed by atoms with Crippen LogP contribution in [0.1, 0.15) is 24.1 Å². The summed E-state index contributed by atoms with van der Waals surface area (Å²) in [6, 6.07) is 5.85. The number of nitriles is 1. The normalized spacial score (nSPS) is 13.2. The molecule has 1 fully saturated rings. The second kappa shape index (κ2) is 13.6. The second-order valence-corrected chi connectivity index (χ2v) is 6.95. The molecule has 1 aliphatic rings. The van der Waals surface area contributed by atoms with Crippen molar-refractivity contribution in [1.29, 1.82) is 5.26 Å². The van der Waals surface area contributed by atoms with Gasteiger partial charge in [0.2, 0.25) is 0 Å². The van der Waals surface area contributed by atoms with E-state index >= 15 is 0 Å². The minimum atomic E-state index is -4.59. The summed E-state index contributed by atoms with van der Waals surface area (Å²) in [4.78, 5) is 5.68. The SMILES string of the molecule is C1CCOC1.CN(C)C=Nc1[c-]c(C#N)nn1-c1c(Cl)cc(C(F)(F)F)cc1Cl.[Zn+][I]. The molecule has 1 saturated heterocycles. The van der Waals surface area contributed by atoms with Crippen molar-refractivity contribution in [2.24, 2.45) is 4.99 Å². The first-order valence-corrected chi connectivity index (χ1v) is 18.5. The van der Waals surface area contributed by atoms with Gasteiger partial charge in [-0.3, -0.25) is 0 Å². The molecule has 0 aliphatic carbocycles. The van der Waals surface area contributed by atoms with Crippen LogP contribution in [0.4, 0.5) is 19.0 Å². The standard InChI is InChI=1S/C14H9Cl2F3N5.C4H8O.HI.Zn/c1-23(2)7-21-12-5-9(6-20)22-24(12)13-10(15)3-8(4-11(13)16)14(17,18)19;1-2-4-5-3-1;;/h3-4,7H,1-2H3;1-4H2;1H;/q-1;;;+2/p-1. The molecule has 2 heterocycles. The first-order valence-electron chi connectivity index (χ1n) is 8.67. The van der Waals surface area contributed by atoms with Crippen molar-refractivity contribution in [1.82, 2.24) is 14.7 Å². The Balaban J connectivity index is 0.000000589. The summed E-state index contributed by atoms with van der Waals surface area (Å²) >= 11 is 15.5. The van der Waals surface area contributed by atoms with Crippen molar-refractivity contribution in [3.8, 4) is 11.8 Å². The van der Waals surface area contributed by atoms with E-state index < -0.39 is 11.7 Å². The van der Waals surface area contributed by atoms with E-state index in [9.17, 15) is 13.2 Å². The van der Waals surface area contributed by atoms with E-state index in [-0.39, 0.29) is 27.2 Å². The summed E-state index contributed by atoms with van der Waals surface area (Å²) in [5, 5.41) is 12.3. The number of benzene rings is 1. The van der Waals surface area contributed by atoms with Crippen LogP contribution in [0, 0.1) is 17.4 Å². The van der Waals surface area contributed by atoms with E-state index in [1.54, 1.807) is 25.1 Å². The zero-order chi connectivity index (χ0) is 23.6. The summed E-state index contributed by atoms with van der Waals surface area (Å²) in [6.07, 6.45) is -0.622. The zero-order valence-electron chi connectivity index (χ0n) is 16.7. The van der Waals surface area contributed by atoms with Gasteiger partial charge < -0.3 is 14.9 Å². The van der Waals surface area contributed by atoms with E-state index in [1.165, 1.54) is 34.0 Å². The fourth-order valence-electron chi connectivity index (χ4n) is 2.24. The Labute approximate surface area is 209 Å². The maximum atomic E-state index is 12.8. The second-order valence-electron chi connectivity index (χ2n) is 6.13. The average Bonchev–Trinajstić information content (AvgIpc) is 3.40. The molecule has 13 heteroatoms. The Bertz CT molecular complexity index is 897. The number of rotatable bonds is 3. The van der Waals surface area contributed by atoms with Crippen LogP contribution in [0.3, 0.4) is 0 Å². The summed E-state index contributed by atoms with van der Waals surface area (Å²) in [5.41, 5.74) is -1.11. The molecule has 0 bridgehead atoms. The molecule has 0 unspecified atom stereocenters. The third-order valence-corrected chi connectivity index (χ3v) is 4.11. The number of alkyl halides is 3. The Kier molecular flexibility index (Phi) is 12.3. The molecule has 31 heavy (non-hydrogen) atoms. The predicted octanol–water partition coefficient (Wildman–Crippen LogP) is 5.77. The first-order chi connectivity index (χ1) is 14.6. The summed E-state index contributed by atoms with van der Waals surface area (Å²) in [7, 11) is 3.43. The van der Waals surface area contributed by atoms with Gasteiger partial charge in [0, 0.05) is 27.3 Å². The van der Waals surface area contributed by atoms with Crippen LogP contribution in [0.15, 0.2) is 17.1 Å². The van der Waals surface area contributed by atoms with E-state index in [0.717, 1.165) is 30.0 Å². The fourth-order valence-corrected chi connectivity index (χ4v) is 2.88. The van der Waals surface area contributed by atoms with Gasteiger partial charge in [0.15, 0.2) is 0 Å². The Hall–Kier alpha value is -0.927. The van der Waals surface area contributed by atoms with Gasteiger partial charge in [0.1, 0.15) is 5.69 Å². The van der Waals surface area contributed by atoms with Crippen molar-refractivity contribution in [2.75, 3.05) is 27.3 Å². The Morgan fingerprint density at radius 1 is 1.29 bits per heavy atom. The molecule has 6 nitrogen and oxygen atoms in total. The third-order valence-electron chi connectivity index (χ3n) is 3.53. The van der Waals surface area contributed by atoms with E-state index in [1.807, 2.05) is 0 Å². The van der Waals surface area contributed by atoms with Crippen molar-refractivity contribution in [3.05, 3.63) is 39.5 Å². The summed E-state index contributed by atoms with van der Waals surface area (Å²) < 4.78 is 44.5. The van der Waals surface area contributed by atoms with Crippen LogP contribution in [0.2, 0.25) is 10.0 Å². The molecule has 0 spiro atoms. The molecule has 0 saturated carbocycles. The van der Waals surface area contributed by atoms with Gasteiger partial charge in [-0.25, -0.2) is 9.67 Å². The van der Waals surface area contributed by atoms with Crippen LogP contribution >= 0.6 is 43.0 Å². The third kappa shape index (κ3) is 8.85. The average molecular weight is 640 g/mol. The number of aromatic nitrogens is 2. The van der Waals surface area contributed by atoms with Gasteiger partial charge in [0.05, 0.1) is 27.8 Å². The molecule has 1 aromatic heterocycles. The molecule has 0 radical (unpaired) electrons. The molecule has 0 atom stereocenters. The number of aliphatic imine (C=N–C) groups is 1. The summed E-state index contributed by atoms with van der Waals surface area (Å²) in [6.45, 7) is 2.00. The van der Waals surface area contributed by atoms with Crippen molar-refractivity contribution in [3.63, 3.8) is 0 Å². The van der Waals surface area contributed by atoms with Crippen LogP contribution in [-0.2, 0) is 25.7 Å². The van der Waals surface area contributed by atoms with Crippen LogP contribution in [0.5, 0.6) is 0 Å². The predicted molar refractivity (Wildman–Crippen MR) is 118 cm³/mol. The van der Waals surface area contributed by atoms with Gasteiger partial charge in [-0.1, -0.05) is 23.2 Å². The molecule has 1 aromatic carbocycles. The number of halogens is 6. The monoisotopic (exact) mass is 637 g/mol. The molecule has 3 rings (SSSR count). The molecule has 2 aromatic rings. The van der Waals surface area contributed by atoms with Crippen LogP contribution in [0.25, 0.3) is 5.69 Å². The van der Waals surface area contributed by atoms with Crippen LogP contribution < -0.4 is 0 Å². The number of hydrogen-bond acceptors (Lipinski definition) is 4. The summed E-state index contributed by atoms with van der Waals surface area (Å²) in [5.74, 6) is 0.0730. The molecule has 1 aliphatic heterocycles. The quantitative estimate of drug-likeness (QED) is 0.141. The Morgan fingerprint density at radius 2 is 1.84 bits per heavy atom. The Morgan fingerprint density at radius 3 is 2.23 bits per heavy atom. The fraction of sp³-hybridized carbons (Fsp3) is 0.389. The van der Waals surface area contributed by atoms with Gasteiger partial charge >= 0.3 is 40.7 Å². The van der Waals surface area contributed by atoms with Gasteiger partial charge in [0.25, 0.3) is 0 Å². The number of ether oxygens (including phenoxy) is 1. The van der Waals surface area contributed by atoms with Gasteiger partial charge in [-0.05, 0) is 30.7 Å². The topological polar surface area (TPSA) is 66.4 Å². The van der Waals surface area contributed by atoms with Crippen molar-refractivity contribution in [2.45, 2.75) is 19.0 Å². The molecular weight excluding hydrogens is 622 g/mol. The first kappa shape index (κ1) is 28.1. The van der Waals surface area contributed by atoms with Crippen LogP contribution in [-0.4, -0.2) is 48.3 Å². The van der Waals surface area contributed by atoms with Crippen molar-refractivity contribution >= 4 is 55.1 Å². The van der Waals surface area contributed by atoms with E-state index in [2.05, 4.69) is 35.9 Å². The van der Waals surface area contributed by atoms with Gasteiger partial charge in [-0.15, -0.1) is 6.07 Å². The van der Waals surface area contributed by atoms with E-state index in [0.29, 0.717) is 0 Å². The molecular formula is C18H17Cl2F3IN5OZn. The van der Waals surface area contributed by atoms with Gasteiger partial charge in [-0.2, -0.15) is 24.3 Å². The molecule has 164 valence electrons. The number of nitrogens with zero attached hydrogens (tertiary/aromatic N) is 5. The minimum absolute atomic E-state index is 0.0185. The molecule has 0 amide bonds.